The summed E-state index contributed by atoms with van der Waals surface area (Å²) in [7, 11) is 3.25. The highest BCUT2D eigenvalue weighted by Gasteiger charge is 2.03. The van der Waals surface area contributed by atoms with E-state index in [0.29, 0.717) is 6.54 Å². The third-order valence-electron chi connectivity index (χ3n) is 3.07. The summed E-state index contributed by atoms with van der Waals surface area (Å²) in [6, 6.07) is 15.9. The van der Waals surface area contributed by atoms with Gasteiger partial charge in [-0.15, -0.1) is 0 Å². The van der Waals surface area contributed by atoms with E-state index >= 15 is 0 Å². The van der Waals surface area contributed by atoms with Gasteiger partial charge in [0, 0.05) is 6.21 Å². The van der Waals surface area contributed by atoms with Crippen LogP contribution in [0.2, 0.25) is 0 Å². The molecule has 1 N–H and O–H groups in total. The van der Waals surface area contributed by atoms with Crippen molar-refractivity contribution in [1.82, 2.24) is 5.43 Å². The molecule has 22 heavy (non-hydrogen) atoms. The lowest BCUT2D eigenvalue weighted by atomic mass is 10.2. The number of allylic oxidation sites excluding steroid dienone is 1. The van der Waals surface area contributed by atoms with E-state index in [1.165, 1.54) is 0 Å². The predicted octanol–water partition coefficient (Wildman–Crippen LogP) is 3.49. The monoisotopic (exact) mass is 296 g/mol. The van der Waals surface area contributed by atoms with Gasteiger partial charge in [0.25, 0.3) is 0 Å². The zero-order valence-corrected chi connectivity index (χ0v) is 12.8. The molecule has 4 heteroatoms. The molecule has 0 saturated heterocycles. The van der Waals surface area contributed by atoms with Gasteiger partial charge in [0.15, 0.2) is 11.5 Å². The van der Waals surface area contributed by atoms with Gasteiger partial charge < -0.3 is 14.9 Å². The molecule has 0 radical (unpaired) electrons. The Hall–Kier alpha value is -2.75. The van der Waals surface area contributed by atoms with Crippen LogP contribution in [-0.2, 0) is 6.54 Å². The Morgan fingerprint density at radius 1 is 1.00 bits per heavy atom. The van der Waals surface area contributed by atoms with E-state index in [0.717, 1.165) is 22.6 Å². The highest BCUT2D eigenvalue weighted by molar-refractivity contribution is 5.77. The Kier molecular flexibility index (Phi) is 6.05. The van der Waals surface area contributed by atoms with E-state index in [9.17, 15) is 0 Å². The van der Waals surface area contributed by atoms with Crippen LogP contribution in [0, 0.1) is 0 Å². The van der Waals surface area contributed by atoms with Crippen molar-refractivity contribution >= 4 is 12.3 Å². The fourth-order valence-corrected chi connectivity index (χ4v) is 1.94. The van der Waals surface area contributed by atoms with Crippen molar-refractivity contribution in [2.24, 2.45) is 5.10 Å². The van der Waals surface area contributed by atoms with Gasteiger partial charge in [0.05, 0.1) is 20.8 Å². The van der Waals surface area contributed by atoms with Crippen molar-refractivity contribution < 1.29 is 9.47 Å². The van der Waals surface area contributed by atoms with Gasteiger partial charge in [0.2, 0.25) is 0 Å². The summed E-state index contributed by atoms with van der Waals surface area (Å²) in [5, 5.41) is 4.15. The van der Waals surface area contributed by atoms with Gasteiger partial charge in [-0.1, -0.05) is 42.5 Å². The number of methoxy groups -OCH3 is 2. The molecule has 0 aliphatic rings. The molecule has 0 fully saturated rings. The lowest BCUT2D eigenvalue weighted by Crippen LogP contribution is -2.05. The molecule has 2 rings (SSSR count). The number of rotatable bonds is 7. The highest BCUT2D eigenvalue weighted by Crippen LogP contribution is 2.27. The number of nitrogens with zero attached hydrogens (tertiary/aromatic N) is 1. The normalized spacial score (nSPS) is 11.0. The van der Waals surface area contributed by atoms with Crippen LogP contribution in [0.3, 0.4) is 0 Å². The minimum absolute atomic E-state index is 0.621. The summed E-state index contributed by atoms with van der Waals surface area (Å²) >= 11 is 0. The minimum atomic E-state index is 0.621. The molecular formula is C18H20N2O2. The van der Waals surface area contributed by atoms with Crippen LogP contribution < -0.4 is 14.9 Å². The van der Waals surface area contributed by atoms with E-state index in [1.807, 2.05) is 60.7 Å². The van der Waals surface area contributed by atoms with Crippen LogP contribution in [0.4, 0.5) is 0 Å². The van der Waals surface area contributed by atoms with Crippen molar-refractivity contribution in [3.05, 3.63) is 65.7 Å². The van der Waals surface area contributed by atoms with Gasteiger partial charge in [0.1, 0.15) is 0 Å². The van der Waals surface area contributed by atoms with E-state index in [2.05, 4.69) is 10.5 Å². The first-order valence-electron chi connectivity index (χ1n) is 7.02. The Balaban J connectivity index is 1.83. The molecule has 0 spiro atoms. The van der Waals surface area contributed by atoms with Crippen LogP contribution >= 0.6 is 0 Å². The summed E-state index contributed by atoms with van der Waals surface area (Å²) in [5.41, 5.74) is 5.22. The largest absolute Gasteiger partial charge is 0.493 e. The fraction of sp³-hybridized carbons (Fsp3) is 0.167. The summed E-state index contributed by atoms with van der Waals surface area (Å²) in [5.74, 6) is 1.44. The zero-order valence-electron chi connectivity index (χ0n) is 12.8. The maximum absolute atomic E-state index is 5.27. The molecule has 0 aliphatic heterocycles. The molecule has 0 aromatic heterocycles. The number of hydrazone groups is 1. The van der Waals surface area contributed by atoms with Gasteiger partial charge >= 0.3 is 0 Å². The molecule has 0 heterocycles. The molecule has 0 bridgehead atoms. The summed E-state index contributed by atoms with van der Waals surface area (Å²) < 4.78 is 10.5. The Morgan fingerprint density at radius 2 is 1.77 bits per heavy atom. The summed E-state index contributed by atoms with van der Waals surface area (Å²) in [6.45, 7) is 0.621. The van der Waals surface area contributed by atoms with Crippen molar-refractivity contribution in [2.75, 3.05) is 14.2 Å². The second-order valence-corrected chi connectivity index (χ2v) is 4.57. The molecule has 0 saturated carbocycles. The SMILES string of the molecule is COc1ccc(CN/N=C\C=C\c2ccccc2)cc1OC. The number of benzene rings is 2. The second-order valence-electron chi connectivity index (χ2n) is 4.57. The topological polar surface area (TPSA) is 42.8 Å². The van der Waals surface area contributed by atoms with Gasteiger partial charge in [-0.2, -0.15) is 5.10 Å². The molecule has 0 aliphatic carbocycles. The number of ether oxygens (including phenoxy) is 2. The second kappa shape index (κ2) is 8.52. The van der Waals surface area contributed by atoms with Crippen LogP contribution in [0.1, 0.15) is 11.1 Å². The maximum atomic E-state index is 5.27. The van der Waals surface area contributed by atoms with Crippen molar-refractivity contribution in [1.29, 1.82) is 0 Å². The van der Waals surface area contributed by atoms with Gasteiger partial charge in [-0.05, 0) is 29.3 Å². The zero-order chi connectivity index (χ0) is 15.6. The number of nitrogens with one attached hydrogen (secondary N) is 1. The van der Waals surface area contributed by atoms with E-state index < -0.39 is 0 Å². The Morgan fingerprint density at radius 3 is 2.50 bits per heavy atom. The van der Waals surface area contributed by atoms with Crippen molar-refractivity contribution in [2.45, 2.75) is 6.54 Å². The van der Waals surface area contributed by atoms with Crippen LogP contribution in [0.15, 0.2) is 59.7 Å². The molecule has 114 valence electrons. The minimum Gasteiger partial charge on any atom is -0.493 e. The predicted molar refractivity (Wildman–Crippen MR) is 90.4 cm³/mol. The van der Waals surface area contributed by atoms with Crippen molar-refractivity contribution in [3.63, 3.8) is 0 Å². The van der Waals surface area contributed by atoms with Crippen LogP contribution in [0.25, 0.3) is 6.08 Å². The first-order chi connectivity index (χ1) is 10.8. The summed E-state index contributed by atoms with van der Waals surface area (Å²) in [4.78, 5) is 0. The third kappa shape index (κ3) is 4.66. The first-order valence-corrected chi connectivity index (χ1v) is 7.02. The smallest absolute Gasteiger partial charge is 0.161 e. The molecular weight excluding hydrogens is 276 g/mol. The highest BCUT2D eigenvalue weighted by atomic mass is 16.5. The van der Waals surface area contributed by atoms with E-state index in [-0.39, 0.29) is 0 Å². The van der Waals surface area contributed by atoms with Gasteiger partial charge in [-0.25, -0.2) is 0 Å². The third-order valence-corrected chi connectivity index (χ3v) is 3.07. The summed E-state index contributed by atoms with van der Waals surface area (Å²) in [6.07, 6.45) is 5.63. The number of hydrogen-bond acceptors (Lipinski definition) is 4. The molecule has 2 aromatic carbocycles. The quantitative estimate of drug-likeness (QED) is 0.628. The molecule has 0 amide bonds. The van der Waals surface area contributed by atoms with Crippen LogP contribution in [0.5, 0.6) is 11.5 Å². The average Bonchev–Trinajstić information content (AvgIpc) is 2.58. The lowest BCUT2D eigenvalue weighted by Gasteiger charge is -2.09. The Labute approximate surface area is 131 Å². The van der Waals surface area contributed by atoms with Crippen LogP contribution in [-0.4, -0.2) is 20.4 Å². The average molecular weight is 296 g/mol. The van der Waals surface area contributed by atoms with E-state index in [4.69, 9.17) is 9.47 Å². The lowest BCUT2D eigenvalue weighted by molar-refractivity contribution is 0.354. The van der Waals surface area contributed by atoms with Gasteiger partial charge in [-0.3, -0.25) is 0 Å². The molecule has 2 aromatic rings. The Bertz CT molecular complexity index is 637. The fourth-order valence-electron chi connectivity index (χ4n) is 1.94. The van der Waals surface area contributed by atoms with E-state index in [1.54, 1.807) is 20.4 Å². The number of hydrogen-bond donors (Lipinski definition) is 1. The molecule has 0 unspecified atom stereocenters. The van der Waals surface area contributed by atoms with Crippen molar-refractivity contribution in [3.8, 4) is 11.5 Å². The molecule has 4 nitrogen and oxygen atoms in total. The first kappa shape index (κ1) is 15.6. The standard InChI is InChI=1S/C18H20N2O2/c1-21-17-11-10-16(13-18(17)22-2)14-20-19-12-6-9-15-7-4-3-5-8-15/h3-13,20H,14H2,1-2H3/b9-6+,19-12-. The molecule has 0 atom stereocenters. The maximum Gasteiger partial charge on any atom is 0.161 e.